The predicted molar refractivity (Wildman–Crippen MR) is 83.0 cm³/mol. The summed E-state index contributed by atoms with van der Waals surface area (Å²) in [6.45, 7) is 0.591. The first-order chi connectivity index (χ1) is 10.2. The fourth-order valence-corrected chi connectivity index (χ4v) is 2.27. The summed E-state index contributed by atoms with van der Waals surface area (Å²) < 4.78 is 1.84. The van der Waals surface area contributed by atoms with Crippen LogP contribution in [0.15, 0.2) is 67.0 Å². The third kappa shape index (κ3) is 3.21. The Morgan fingerprint density at radius 1 is 0.952 bits per heavy atom. The third-order valence-electron chi connectivity index (χ3n) is 3.33. The molecule has 1 heterocycles. The summed E-state index contributed by atoms with van der Waals surface area (Å²) in [4.78, 5) is 0. The molecule has 5 heteroatoms. The average Bonchev–Trinajstić information content (AvgIpc) is 2.97. The molecule has 0 bridgehead atoms. The number of hydrogen-bond donors (Lipinski definition) is 2. The van der Waals surface area contributed by atoms with E-state index in [0.29, 0.717) is 12.0 Å². The fourth-order valence-electron chi connectivity index (χ4n) is 2.27. The Hall–Kier alpha value is -2.37. The molecule has 0 radical (unpaired) electrons. The molecule has 3 aromatic rings. The molecule has 0 unspecified atom stereocenters. The minimum atomic E-state index is -1.44. The van der Waals surface area contributed by atoms with Gasteiger partial charge in [0, 0.05) is 11.8 Å². The van der Waals surface area contributed by atoms with Crippen molar-refractivity contribution >= 4 is 12.6 Å². The summed E-state index contributed by atoms with van der Waals surface area (Å²) in [5.74, 6) is 0. The van der Waals surface area contributed by atoms with Crippen LogP contribution in [0.4, 0.5) is 0 Å². The van der Waals surface area contributed by atoms with Gasteiger partial charge in [0.25, 0.3) is 0 Å². The van der Waals surface area contributed by atoms with Crippen molar-refractivity contribution in [1.29, 1.82) is 0 Å². The van der Waals surface area contributed by atoms with Crippen LogP contribution in [0.25, 0.3) is 11.1 Å². The van der Waals surface area contributed by atoms with E-state index in [4.69, 9.17) is 0 Å². The minimum absolute atomic E-state index is 0.489. The van der Waals surface area contributed by atoms with Crippen molar-refractivity contribution in [3.8, 4) is 11.1 Å². The van der Waals surface area contributed by atoms with E-state index in [1.54, 1.807) is 12.1 Å². The second-order valence-electron chi connectivity index (χ2n) is 4.91. The summed E-state index contributed by atoms with van der Waals surface area (Å²) in [7, 11) is -1.44. The second-order valence-corrected chi connectivity index (χ2v) is 4.91. The molecule has 0 saturated carbocycles. The van der Waals surface area contributed by atoms with Crippen LogP contribution in [-0.4, -0.2) is 26.9 Å². The van der Waals surface area contributed by atoms with Crippen molar-refractivity contribution in [2.24, 2.45) is 0 Å². The van der Waals surface area contributed by atoms with E-state index in [2.05, 4.69) is 5.10 Å². The lowest BCUT2D eigenvalue weighted by atomic mass is 9.80. The summed E-state index contributed by atoms with van der Waals surface area (Å²) in [6, 6.07) is 17.3. The van der Waals surface area contributed by atoms with Gasteiger partial charge in [-0.05, 0) is 16.6 Å². The van der Waals surface area contributed by atoms with E-state index in [1.807, 2.05) is 59.5 Å². The van der Waals surface area contributed by atoms with Gasteiger partial charge in [0.2, 0.25) is 0 Å². The standard InChI is InChI=1S/C16H15BN2O2/c20-17(21)16-8-4-5-13(9-16)11-19-12-15(10-18-19)14-6-2-1-3-7-14/h1-10,12,20-21H,11H2. The van der Waals surface area contributed by atoms with E-state index in [9.17, 15) is 10.0 Å². The number of benzene rings is 2. The van der Waals surface area contributed by atoms with E-state index in [1.165, 1.54) is 0 Å². The smallest absolute Gasteiger partial charge is 0.423 e. The van der Waals surface area contributed by atoms with Crippen molar-refractivity contribution in [2.75, 3.05) is 0 Å². The quantitative estimate of drug-likeness (QED) is 0.707. The highest BCUT2D eigenvalue weighted by Gasteiger charge is 2.11. The van der Waals surface area contributed by atoms with E-state index in [-0.39, 0.29) is 0 Å². The number of rotatable bonds is 4. The first kappa shape index (κ1) is 13.6. The zero-order chi connectivity index (χ0) is 14.7. The van der Waals surface area contributed by atoms with E-state index >= 15 is 0 Å². The molecule has 0 atom stereocenters. The largest absolute Gasteiger partial charge is 0.488 e. The van der Waals surface area contributed by atoms with Crippen LogP contribution >= 0.6 is 0 Å². The van der Waals surface area contributed by atoms with Gasteiger partial charge in [0.1, 0.15) is 0 Å². The Morgan fingerprint density at radius 2 is 1.76 bits per heavy atom. The van der Waals surface area contributed by atoms with Gasteiger partial charge in [-0.1, -0.05) is 54.6 Å². The van der Waals surface area contributed by atoms with Crippen LogP contribution in [-0.2, 0) is 6.54 Å². The lowest BCUT2D eigenvalue weighted by molar-refractivity contribution is 0.425. The zero-order valence-electron chi connectivity index (χ0n) is 11.4. The van der Waals surface area contributed by atoms with Gasteiger partial charge >= 0.3 is 7.12 Å². The van der Waals surface area contributed by atoms with Gasteiger partial charge in [-0.15, -0.1) is 0 Å². The molecule has 0 aliphatic rings. The van der Waals surface area contributed by atoms with Gasteiger partial charge in [-0.3, -0.25) is 4.68 Å². The van der Waals surface area contributed by atoms with Crippen LogP contribution in [0.2, 0.25) is 0 Å². The lowest BCUT2D eigenvalue weighted by Crippen LogP contribution is -2.30. The van der Waals surface area contributed by atoms with Crippen molar-refractivity contribution in [3.63, 3.8) is 0 Å². The molecule has 1 aromatic heterocycles. The van der Waals surface area contributed by atoms with Gasteiger partial charge in [0.15, 0.2) is 0 Å². The molecule has 0 amide bonds. The second kappa shape index (κ2) is 5.95. The van der Waals surface area contributed by atoms with Crippen LogP contribution in [0, 0.1) is 0 Å². The lowest BCUT2D eigenvalue weighted by Gasteiger charge is -2.05. The molecule has 0 saturated heterocycles. The van der Waals surface area contributed by atoms with Crippen LogP contribution in [0.5, 0.6) is 0 Å². The molecule has 21 heavy (non-hydrogen) atoms. The van der Waals surface area contributed by atoms with Crippen LogP contribution < -0.4 is 5.46 Å². The summed E-state index contributed by atoms with van der Waals surface area (Å²) in [5, 5.41) is 22.8. The highest BCUT2D eigenvalue weighted by atomic mass is 16.4. The van der Waals surface area contributed by atoms with E-state index in [0.717, 1.165) is 16.7 Å². The molecule has 4 nitrogen and oxygen atoms in total. The van der Waals surface area contributed by atoms with E-state index < -0.39 is 7.12 Å². The molecule has 104 valence electrons. The van der Waals surface area contributed by atoms with Crippen molar-refractivity contribution < 1.29 is 10.0 Å². The Bertz CT molecular complexity index is 726. The number of aromatic nitrogens is 2. The fraction of sp³-hybridized carbons (Fsp3) is 0.0625. The zero-order valence-corrected chi connectivity index (χ0v) is 11.4. The summed E-state index contributed by atoms with van der Waals surface area (Å²) in [6.07, 6.45) is 3.82. The van der Waals surface area contributed by atoms with Crippen LogP contribution in [0.3, 0.4) is 0 Å². The third-order valence-corrected chi connectivity index (χ3v) is 3.33. The number of hydrogen-bond acceptors (Lipinski definition) is 3. The topological polar surface area (TPSA) is 58.3 Å². The highest BCUT2D eigenvalue weighted by molar-refractivity contribution is 6.58. The number of nitrogens with zero attached hydrogens (tertiary/aromatic N) is 2. The molecule has 0 aliphatic heterocycles. The van der Waals surface area contributed by atoms with Gasteiger partial charge in [-0.25, -0.2) is 0 Å². The average molecular weight is 278 g/mol. The Labute approximate surface area is 123 Å². The summed E-state index contributed by atoms with van der Waals surface area (Å²) in [5.41, 5.74) is 3.66. The summed E-state index contributed by atoms with van der Waals surface area (Å²) >= 11 is 0. The molecule has 2 N–H and O–H groups in total. The van der Waals surface area contributed by atoms with Crippen molar-refractivity contribution in [2.45, 2.75) is 6.54 Å². The Kier molecular flexibility index (Phi) is 3.86. The van der Waals surface area contributed by atoms with Crippen molar-refractivity contribution in [1.82, 2.24) is 9.78 Å². The minimum Gasteiger partial charge on any atom is -0.423 e. The first-order valence-corrected chi connectivity index (χ1v) is 6.75. The maximum absolute atomic E-state index is 9.20. The van der Waals surface area contributed by atoms with Crippen molar-refractivity contribution in [3.05, 3.63) is 72.6 Å². The molecule has 0 aliphatic carbocycles. The molecular formula is C16H15BN2O2. The predicted octanol–water partition coefficient (Wildman–Crippen LogP) is 1.28. The maximum Gasteiger partial charge on any atom is 0.488 e. The monoisotopic (exact) mass is 278 g/mol. The molecule has 2 aromatic carbocycles. The molecule has 0 spiro atoms. The van der Waals surface area contributed by atoms with Gasteiger partial charge in [0.05, 0.1) is 12.7 Å². The highest BCUT2D eigenvalue weighted by Crippen LogP contribution is 2.17. The normalized spacial score (nSPS) is 10.6. The SMILES string of the molecule is OB(O)c1cccc(Cn2cc(-c3ccccc3)cn2)c1. The molecule has 3 rings (SSSR count). The Balaban J connectivity index is 1.80. The molecular weight excluding hydrogens is 263 g/mol. The van der Waals surface area contributed by atoms with Gasteiger partial charge in [-0.2, -0.15) is 5.10 Å². The molecule has 0 fully saturated rings. The first-order valence-electron chi connectivity index (χ1n) is 6.75. The van der Waals surface area contributed by atoms with Gasteiger partial charge < -0.3 is 10.0 Å². The Morgan fingerprint density at radius 3 is 2.52 bits per heavy atom. The van der Waals surface area contributed by atoms with Crippen LogP contribution in [0.1, 0.15) is 5.56 Å². The maximum atomic E-state index is 9.20.